The number of carbonyl (C=O) groups excluding carboxylic acids is 2. The first-order chi connectivity index (χ1) is 9.50. The number of methoxy groups -OCH3 is 1. The van der Waals surface area contributed by atoms with E-state index in [1.165, 1.54) is 7.11 Å². The lowest BCUT2D eigenvalue weighted by Crippen LogP contribution is -2.64. The first kappa shape index (κ1) is 14.3. The highest BCUT2D eigenvalue weighted by atomic mass is 16.5. The number of nitrogens with zero attached hydrogens (tertiary/aromatic N) is 2. The number of hydrogen-bond acceptors (Lipinski definition) is 4. The van der Waals surface area contributed by atoms with E-state index in [1.54, 1.807) is 24.1 Å². The normalized spacial score (nSPS) is 22.6. The average Bonchev–Trinajstić information content (AvgIpc) is 2.45. The minimum atomic E-state index is -0.829. The lowest BCUT2D eigenvalue weighted by Gasteiger charge is -2.39. The van der Waals surface area contributed by atoms with Crippen molar-refractivity contribution in [1.29, 1.82) is 0 Å². The molecule has 0 bridgehead atoms. The van der Waals surface area contributed by atoms with Crippen LogP contribution in [0.2, 0.25) is 0 Å². The van der Waals surface area contributed by atoms with E-state index in [0.29, 0.717) is 18.8 Å². The highest BCUT2D eigenvalue weighted by molar-refractivity contribution is 5.97. The number of nitrogens with one attached hydrogen (secondary N) is 1. The van der Waals surface area contributed by atoms with Gasteiger partial charge in [0.15, 0.2) is 0 Å². The van der Waals surface area contributed by atoms with Gasteiger partial charge in [-0.3, -0.25) is 9.59 Å². The molecule has 6 nitrogen and oxygen atoms in total. The number of aromatic nitrogens is 1. The maximum Gasteiger partial charge on any atom is 0.248 e. The van der Waals surface area contributed by atoms with Gasteiger partial charge in [0.1, 0.15) is 5.54 Å². The smallest absolute Gasteiger partial charge is 0.248 e. The molecule has 108 valence electrons. The molecule has 1 aromatic heterocycles. The largest absolute Gasteiger partial charge is 0.481 e. The Morgan fingerprint density at radius 2 is 2.25 bits per heavy atom. The average molecular weight is 277 g/mol. The van der Waals surface area contributed by atoms with Crippen LogP contribution in [0.15, 0.2) is 18.3 Å². The molecule has 1 unspecified atom stereocenters. The number of amides is 2. The van der Waals surface area contributed by atoms with Gasteiger partial charge in [-0.05, 0) is 19.4 Å². The Balaban J connectivity index is 2.24. The van der Waals surface area contributed by atoms with Crippen molar-refractivity contribution in [1.82, 2.24) is 15.2 Å². The summed E-state index contributed by atoms with van der Waals surface area (Å²) in [6.45, 7) is 4.01. The summed E-state index contributed by atoms with van der Waals surface area (Å²) in [5.41, 5.74) is -0.0402. The molecule has 2 heterocycles. The third-order valence-electron chi connectivity index (χ3n) is 3.62. The van der Waals surface area contributed by atoms with Crippen molar-refractivity contribution in [2.75, 3.05) is 13.7 Å². The van der Waals surface area contributed by atoms with Crippen molar-refractivity contribution >= 4 is 11.8 Å². The van der Waals surface area contributed by atoms with Crippen LogP contribution in [0.25, 0.3) is 0 Å². The number of piperazine rings is 1. The number of hydrogen-bond donors (Lipinski definition) is 1. The van der Waals surface area contributed by atoms with Gasteiger partial charge in [0.25, 0.3) is 0 Å². The van der Waals surface area contributed by atoms with Crippen LogP contribution < -0.4 is 10.1 Å². The first-order valence-corrected chi connectivity index (χ1v) is 6.58. The molecule has 1 aliphatic heterocycles. The zero-order valence-corrected chi connectivity index (χ0v) is 12.0. The topological polar surface area (TPSA) is 71.5 Å². The van der Waals surface area contributed by atoms with E-state index in [4.69, 9.17) is 4.74 Å². The van der Waals surface area contributed by atoms with Crippen LogP contribution in [-0.2, 0) is 16.1 Å². The molecule has 1 atom stereocenters. The minimum Gasteiger partial charge on any atom is -0.481 e. The summed E-state index contributed by atoms with van der Waals surface area (Å²) >= 11 is 0. The van der Waals surface area contributed by atoms with Crippen LogP contribution in [0, 0.1) is 0 Å². The summed E-state index contributed by atoms with van der Waals surface area (Å²) in [6.07, 6.45) is 2.18. The van der Waals surface area contributed by atoms with Crippen molar-refractivity contribution in [3.05, 3.63) is 23.9 Å². The van der Waals surface area contributed by atoms with Crippen molar-refractivity contribution < 1.29 is 14.3 Å². The van der Waals surface area contributed by atoms with E-state index in [-0.39, 0.29) is 18.4 Å². The van der Waals surface area contributed by atoms with Gasteiger partial charge in [-0.1, -0.05) is 13.0 Å². The Morgan fingerprint density at radius 1 is 1.50 bits per heavy atom. The van der Waals surface area contributed by atoms with Gasteiger partial charge < -0.3 is 15.0 Å². The Hall–Kier alpha value is -2.11. The van der Waals surface area contributed by atoms with E-state index < -0.39 is 5.54 Å². The summed E-state index contributed by atoms with van der Waals surface area (Å²) in [5, 5.41) is 2.76. The second-order valence-corrected chi connectivity index (χ2v) is 5.07. The molecule has 1 saturated heterocycles. The van der Waals surface area contributed by atoms with Gasteiger partial charge in [0.2, 0.25) is 17.7 Å². The molecule has 1 aliphatic rings. The van der Waals surface area contributed by atoms with E-state index in [2.05, 4.69) is 10.3 Å². The monoisotopic (exact) mass is 277 g/mol. The molecule has 0 aliphatic carbocycles. The van der Waals surface area contributed by atoms with Crippen LogP contribution >= 0.6 is 0 Å². The van der Waals surface area contributed by atoms with E-state index >= 15 is 0 Å². The molecule has 2 rings (SSSR count). The molecular formula is C14H19N3O3. The molecule has 20 heavy (non-hydrogen) atoms. The molecule has 1 aromatic rings. The van der Waals surface area contributed by atoms with Crippen LogP contribution in [0.1, 0.15) is 25.8 Å². The van der Waals surface area contributed by atoms with Crippen molar-refractivity contribution in [2.24, 2.45) is 0 Å². The fraction of sp³-hybridized carbons (Fsp3) is 0.500. The summed E-state index contributed by atoms with van der Waals surface area (Å²) in [5.74, 6) is 0.256. The minimum absolute atomic E-state index is 0.0620. The van der Waals surface area contributed by atoms with E-state index in [1.807, 2.05) is 13.0 Å². The standard InChI is InChI=1S/C14H19N3O3/c1-4-14(2)13(19)17(9-11(18)16-14)8-10-6-5-7-15-12(10)20-3/h5-7H,4,8-9H2,1-3H3,(H,16,18). The lowest BCUT2D eigenvalue weighted by molar-refractivity contribution is -0.149. The predicted octanol–water partition coefficient (Wildman–Crippen LogP) is 0.717. The van der Waals surface area contributed by atoms with Gasteiger partial charge in [-0.2, -0.15) is 0 Å². The van der Waals surface area contributed by atoms with Crippen LogP contribution in [-0.4, -0.2) is 40.9 Å². The summed E-state index contributed by atoms with van der Waals surface area (Å²) < 4.78 is 5.18. The van der Waals surface area contributed by atoms with Crippen LogP contribution in [0.4, 0.5) is 0 Å². The Labute approximate surface area is 118 Å². The Bertz CT molecular complexity index is 532. The quantitative estimate of drug-likeness (QED) is 0.880. The lowest BCUT2D eigenvalue weighted by atomic mass is 9.94. The van der Waals surface area contributed by atoms with E-state index in [0.717, 1.165) is 5.56 Å². The number of rotatable bonds is 4. The molecule has 6 heteroatoms. The SMILES string of the molecule is CCC1(C)NC(=O)CN(Cc2cccnc2OC)C1=O. The van der Waals surface area contributed by atoms with Crippen molar-refractivity contribution in [3.8, 4) is 5.88 Å². The highest BCUT2D eigenvalue weighted by Gasteiger charge is 2.41. The maximum atomic E-state index is 12.5. The van der Waals surface area contributed by atoms with Crippen LogP contribution in [0.3, 0.4) is 0 Å². The molecule has 1 N–H and O–H groups in total. The summed E-state index contributed by atoms with van der Waals surface area (Å²) in [7, 11) is 1.53. The van der Waals surface area contributed by atoms with E-state index in [9.17, 15) is 9.59 Å². The Morgan fingerprint density at radius 3 is 2.90 bits per heavy atom. The number of carbonyl (C=O) groups is 2. The second kappa shape index (κ2) is 5.48. The van der Waals surface area contributed by atoms with Crippen molar-refractivity contribution in [3.63, 3.8) is 0 Å². The highest BCUT2D eigenvalue weighted by Crippen LogP contribution is 2.22. The zero-order chi connectivity index (χ0) is 14.8. The third-order valence-corrected chi connectivity index (χ3v) is 3.62. The molecule has 2 amide bonds. The zero-order valence-electron chi connectivity index (χ0n) is 12.0. The van der Waals surface area contributed by atoms with Gasteiger partial charge in [0.05, 0.1) is 20.2 Å². The van der Waals surface area contributed by atoms with Gasteiger partial charge in [0, 0.05) is 11.8 Å². The molecule has 1 fully saturated rings. The van der Waals surface area contributed by atoms with Gasteiger partial charge >= 0.3 is 0 Å². The molecule has 0 saturated carbocycles. The second-order valence-electron chi connectivity index (χ2n) is 5.07. The van der Waals surface area contributed by atoms with Gasteiger partial charge in [-0.25, -0.2) is 4.98 Å². The first-order valence-electron chi connectivity index (χ1n) is 6.58. The molecule has 0 aromatic carbocycles. The number of pyridine rings is 1. The molecule has 0 radical (unpaired) electrons. The summed E-state index contributed by atoms with van der Waals surface area (Å²) in [6, 6.07) is 3.63. The predicted molar refractivity (Wildman–Crippen MR) is 73.0 cm³/mol. The van der Waals surface area contributed by atoms with Gasteiger partial charge in [-0.15, -0.1) is 0 Å². The fourth-order valence-corrected chi connectivity index (χ4v) is 2.30. The maximum absolute atomic E-state index is 12.5. The van der Waals surface area contributed by atoms with Crippen molar-refractivity contribution in [2.45, 2.75) is 32.4 Å². The Kier molecular flexibility index (Phi) is 3.92. The molecular weight excluding hydrogens is 258 g/mol. The molecule has 0 spiro atoms. The summed E-state index contributed by atoms with van der Waals surface area (Å²) in [4.78, 5) is 29.9. The van der Waals surface area contributed by atoms with Crippen LogP contribution in [0.5, 0.6) is 5.88 Å². The number of ether oxygens (including phenoxy) is 1. The fourth-order valence-electron chi connectivity index (χ4n) is 2.30. The third kappa shape index (κ3) is 2.59.